The third-order valence-electron chi connectivity index (χ3n) is 4.50. The highest BCUT2D eigenvalue weighted by molar-refractivity contribution is 5.98. The molecule has 0 spiro atoms. The SMILES string of the molecule is CN=C(NCCOc1ccc(C)cc1)NCC(=O)N1CCc2ccccc21. The zero-order valence-corrected chi connectivity index (χ0v) is 15.9. The van der Waals surface area contributed by atoms with E-state index in [1.54, 1.807) is 7.05 Å². The van der Waals surface area contributed by atoms with E-state index in [2.05, 4.69) is 21.7 Å². The van der Waals surface area contributed by atoms with Gasteiger partial charge in [0.15, 0.2) is 5.96 Å². The Labute approximate surface area is 160 Å². The number of carbonyl (C=O) groups is 1. The molecule has 27 heavy (non-hydrogen) atoms. The van der Waals surface area contributed by atoms with E-state index in [1.807, 2.05) is 54.3 Å². The van der Waals surface area contributed by atoms with E-state index in [1.165, 1.54) is 11.1 Å². The van der Waals surface area contributed by atoms with Crippen molar-refractivity contribution in [3.63, 3.8) is 0 Å². The number of nitrogens with zero attached hydrogens (tertiary/aromatic N) is 2. The van der Waals surface area contributed by atoms with Gasteiger partial charge in [0.05, 0.1) is 13.1 Å². The van der Waals surface area contributed by atoms with Gasteiger partial charge in [-0.3, -0.25) is 9.79 Å². The Morgan fingerprint density at radius 1 is 1.15 bits per heavy atom. The van der Waals surface area contributed by atoms with Gasteiger partial charge in [0.2, 0.25) is 5.91 Å². The molecule has 0 saturated carbocycles. The topological polar surface area (TPSA) is 66.0 Å². The summed E-state index contributed by atoms with van der Waals surface area (Å²) in [5.41, 5.74) is 3.44. The standard InChI is InChI=1S/C21H26N4O2/c1-16-7-9-18(10-8-16)27-14-12-23-21(22-2)24-15-20(26)25-13-11-17-5-3-4-6-19(17)25/h3-10H,11-15H2,1-2H3,(H2,22,23,24). The average Bonchev–Trinajstić information content (AvgIpc) is 3.13. The maximum Gasteiger partial charge on any atom is 0.246 e. The summed E-state index contributed by atoms with van der Waals surface area (Å²) in [6, 6.07) is 16.0. The maximum absolute atomic E-state index is 12.5. The first kappa shape index (κ1) is 18.8. The van der Waals surface area contributed by atoms with Crippen LogP contribution in [-0.2, 0) is 11.2 Å². The average molecular weight is 366 g/mol. The van der Waals surface area contributed by atoms with Crippen LogP contribution in [0.2, 0.25) is 0 Å². The number of rotatable bonds is 6. The third kappa shape index (κ3) is 5.00. The van der Waals surface area contributed by atoms with Gasteiger partial charge >= 0.3 is 0 Å². The molecular formula is C21H26N4O2. The van der Waals surface area contributed by atoms with Crippen molar-refractivity contribution in [2.45, 2.75) is 13.3 Å². The molecule has 0 radical (unpaired) electrons. The molecule has 0 bridgehead atoms. The lowest BCUT2D eigenvalue weighted by Gasteiger charge is -2.19. The molecule has 1 aliphatic rings. The first-order chi connectivity index (χ1) is 13.2. The molecule has 6 nitrogen and oxygen atoms in total. The molecule has 1 heterocycles. The van der Waals surface area contributed by atoms with Gasteiger partial charge in [-0.25, -0.2) is 0 Å². The Morgan fingerprint density at radius 2 is 1.93 bits per heavy atom. The van der Waals surface area contributed by atoms with Crippen LogP contribution in [0.15, 0.2) is 53.5 Å². The summed E-state index contributed by atoms with van der Waals surface area (Å²) in [7, 11) is 1.69. The molecule has 6 heteroatoms. The lowest BCUT2D eigenvalue weighted by atomic mass is 10.2. The number of hydrogen-bond acceptors (Lipinski definition) is 3. The van der Waals surface area contributed by atoms with Crippen molar-refractivity contribution in [3.05, 3.63) is 59.7 Å². The van der Waals surface area contributed by atoms with Crippen LogP contribution in [0.3, 0.4) is 0 Å². The number of aryl methyl sites for hydroxylation is 1. The van der Waals surface area contributed by atoms with E-state index >= 15 is 0 Å². The van der Waals surface area contributed by atoms with Crippen molar-refractivity contribution in [1.29, 1.82) is 0 Å². The van der Waals surface area contributed by atoms with E-state index in [-0.39, 0.29) is 12.5 Å². The zero-order valence-electron chi connectivity index (χ0n) is 15.9. The lowest BCUT2D eigenvalue weighted by molar-refractivity contribution is -0.117. The Kier molecular flexibility index (Phi) is 6.30. The van der Waals surface area contributed by atoms with Crippen LogP contribution >= 0.6 is 0 Å². The summed E-state index contributed by atoms with van der Waals surface area (Å²) >= 11 is 0. The van der Waals surface area contributed by atoms with Gasteiger partial charge in [-0.05, 0) is 37.1 Å². The molecular weight excluding hydrogens is 340 g/mol. The van der Waals surface area contributed by atoms with Crippen molar-refractivity contribution in [1.82, 2.24) is 10.6 Å². The molecule has 2 aromatic carbocycles. The normalized spacial score (nSPS) is 13.3. The van der Waals surface area contributed by atoms with Gasteiger partial charge in [0.25, 0.3) is 0 Å². The smallest absolute Gasteiger partial charge is 0.246 e. The predicted octanol–water partition coefficient (Wildman–Crippen LogP) is 2.13. The third-order valence-corrected chi connectivity index (χ3v) is 4.50. The summed E-state index contributed by atoms with van der Waals surface area (Å²) in [5.74, 6) is 1.47. The van der Waals surface area contributed by atoms with Crippen LogP contribution in [0.25, 0.3) is 0 Å². The predicted molar refractivity (Wildman–Crippen MR) is 109 cm³/mol. The molecule has 0 atom stereocenters. The minimum Gasteiger partial charge on any atom is -0.492 e. The fourth-order valence-electron chi connectivity index (χ4n) is 3.05. The fourth-order valence-corrected chi connectivity index (χ4v) is 3.05. The summed E-state index contributed by atoms with van der Waals surface area (Å²) < 4.78 is 5.68. The van der Waals surface area contributed by atoms with E-state index in [4.69, 9.17) is 4.74 Å². The van der Waals surface area contributed by atoms with Crippen molar-refractivity contribution < 1.29 is 9.53 Å². The highest BCUT2D eigenvalue weighted by Crippen LogP contribution is 2.27. The van der Waals surface area contributed by atoms with E-state index < -0.39 is 0 Å². The van der Waals surface area contributed by atoms with Gasteiger partial charge in [-0.15, -0.1) is 0 Å². The molecule has 3 rings (SSSR count). The second-order valence-electron chi connectivity index (χ2n) is 6.44. The maximum atomic E-state index is 12.5. The molecule has 0 saturated heterocycles. The summed E-state index contributed by atoms with van der Waals surface area (Å²) in [6.45, 7) is 4.08. The Bertz CT molecular complexity index is 802. The van der Waals surface area contributed by atoms with E-state index in [9.17, 15) is 4.79 Å². The summed E-state index contributed by atoms with van der Waals surface area (Å²) in [6.07, 6.45) is 0.908. The molecule has 0 fully saturated rings. The largest absolute Gasteiger partial charge is 0.492 e. The first-order valence-corrected chi connectivity index (χ1v) is 9.19. The first-order valence-electron chi connectivity index (χ1n) is 9.19. The monoisotopic (exact) mass is 366 g/mol. The number of nitrogens with one attached hydrogen (secondary N) is 2. The molecule has 1 amide bonds. The van der Waals surface area contributed by atoms with Crippen molar-refractivity contribution in [3.8, 4) is 5.75 Å². The Morgan fingerprint density at radius 3 is 2.70 bits per heavy atom. The van der Waals surface area contributed by atoms with Crippen LogP contribution in [-0.4, -0.2) is 45.2 Å². The highest BCUT2D eigenvalue weighted by Gasteiger charge is 2.23. The molecule has 142 valence electrons. The fraction of sp³-hybridized carbons (Fsp3) is 0.333. The second-order valence-corrected chi connectivity index (χ2v) is 6.44. The zero-order chi connectivity index (χ0) is 19.1. The number of ether oxygens (including phenoxy) is 1. The number of carbonyl (C=O) groups excluding carboxylic acids is 1. The lowest BCUT2D eigenvalue weighted by Crippen LogP contribution is -2.45. The minimum atomic E-state index is 0.0406. The summed E-state index contributed by atoms with van der Waals surface area (Å²) in [5, 5.41) is 6.23. The number of para-hydroxylation sites is 1. The van der Waals surface area contributed by atoms with Crippen LogP contribution in [0, 0.1) is 6.92 Å². The van der Waals surface area contributed by atoms with Gasteiger partial charge in [-0.2, -0.15) is 0 Å². The molecule has 1 aliphatic heterocycles. The Hall–Kier alpha value is -3.02. The number of guanidine groups is 1. The minimum absolute atomic E-state index is 0.0406. The van der Waals surface area contributed by atoms with Crippen LogP contribution in [0.4, 0.5) is 5.69 Å². The number of anilines is 1. The van der Waals surface area contributed by atoms with Crippen molar-refractivity contribution in [2.24, 2.45) is 4.99 Å². The van der Waals surface area contributed by atoms with Gasteiger partial charge in [0, 0.05) is 19.3 Å². The Balaban J connectivity index is 1.40. The number of amides is 1. The number of benzene rings is 2. The van der Waals surface area contributed by atoms with Gasteiger partial charge < -0.3 is 20.3 Å². The van der Waals surface area contributed by atoms with Crippen LogP contribution < -0.4 is 20.3 Å². The molecule has 0 aliphatic carbocycles. The second kappa shape index (κ2) is 9.07. The highest BCUT2D eigenvalue weighted by atomic mass is 16.5. The molecule has 0 aromatic heterocycles. The van der Waals surface area contributed by atoms with E-state index in [0.717, 1.165) is 24.4 Å². The van der Waals surface area contributed by atoms with Gasteiger partial charge in [0.1, 0.15) is 12.4 Å². The van der Waals surface area contributed by atoms with Gasteiger partial charge in [-0.1, -0.05) is 35.9 Å². The number of aliphatic imine (C=N–C) groups is 1. The number of hydrogen-bond donors (Lipinski definition) is 2. The van der Waals surface area contributed by atoms with Crippen molar-refractivity contribution >= 4 is 17.6 Å². The quantitative estimate of drug-likeness (QED) is 0.467. The summed E-state index contributed by atoms with van der Waals surface area (Å²) in [4.78, 5) is 18.5. The molecule has 0 unspecified atom stereocenters. The van der Waals surface area contributed by atoms with Crippen LogP contribution in [0.5, 0.6) is 5.75 Å². The van der Waals surface area contributed by atoms with E-state index in [0.29, 0.717) is 19.1 Å². The van der Waals surface area contributed by atoms with Crippen LogP contribution in [0.1, 0.15) is 11.1 Å². The molecule has 2 N–H and O–H groups in total. The number of fused-ring (bicyclic) bond motifs is 1. The molecule has 2 aromatic rings. The van der Waals surface area contributed by atoms with Crippen molar-refractivity contribution in [2.75, 3.05) is 38.2 Å².